The molecule has 0 aliphatic rings. The Morgan fingerprint density at radius 2 is 1.57 bits per heavy atom. The third-order valence-electron chi connectivity index (χ3n) is 2.37. The van der Waals surface area contributed by atoms with Crippen molar-refractivity contribution in [3.8, 4) is 11.5 Å². The predicted molar refractivity (Wildman–Crippen MR) is 77.1 cm³/mol. The number of ether oxygens (including phenoxy) is 3. The van der Waals surface area contributed by atoms with Gasteiger partial charge in [-0.3, -0.25) is 9.59 Å². The summed E-state index contributed by atoms with van der Waals surface area (Å²) in [5.41, 5.74) is 0. The number of phenols is 1. The van der Waals surface area contributed by atoms with E-state index in [1.807, 2.05) is 0 Å². The Labute approximate surface area is 124 Å². The van der Waals surface area contributed by atoms with Crippen molar-refractivity contribution in [1.29, 1.82) is 0 Å². The molecule has 0 spiro atoms. The SMILES string of the molecule is CCOC(=O)C(C)C(=O)OCC.COc1ccccc1O. The number of rotatable bonds is 5. The highest BCUT2D eigenvalue weighted by atomic mass is 16.6. The van der Waals surface area contributed by atoms with Gasteiger partial charge in [0.15, 0.2) is 17.4 Å². The Kier molecular flexibility index (Phi) is 9.41. The van der Waals surface area contributed by atoms with Crippen molar-refractivity contribution in [2.45, 2.75) is 20.8 Å². The van der Waals surface area contributed by atoms with E-state index in [1.165, 1.54) is 14.0 Å². The Balaban J connectivity index is 0.000000394. The Morgan fingerprint density at radius 3 is 1.90 bits per heavy atom. The molecule has 0 saturated carbocycles. The molecule has 6 heteroatoms. The van der Waals surface area contributed by atoms with Crippen LogP contribution in [0.15, 0.2) is 24.3 Å². The van der Waals surface area contributed by atoms with Crippen molar-refractivity contribution in [3.63, 3.8) is 0 Å². The summed E-state index contributed by atoms with van der Waals surface area (Å²) in [4.78, 5) is 21.9. The zero-order valence-corrected chi connectivity index (χ0v) is 12.8. The second-order valence-corrected chi connectivity index (χ2v) is 3.90. The second kappa shape index (κ2) is 10.5. The van der Waals surface area contributed by atoms with Crippen LogP contribution in [0.1, 0.15) is 20.8 Å². The van der Waals surface area contributed by atoms with Crippen LogP contribution in [0.25, 0.3) is 0 Å². The van der Waals surface area contributed by atoms with Crippen molar-refractivity contribution in [2.75, 3.05) is 20.3 Å². The van der Waals surface area contributed by atoms with Crippen LogP contribution in [0.5, 0.6) is 11.5 Å². The minimum atomic E-state index is -0.815. The second-order valence-electron chi connectivity index (χ2n) is 3.90. The molecule has 6 nitrogen and oxygen atoms in total. The molecule has 1 N–H and O–H groups in total. The van der Waals surface area contributed by atoms with E-state index < -0.39 is 17.9 Å². The van der Waals surface area contributed by atoms with Crippen LogP contribution in [0.2, 0.25) is 0 Å². The molecule has 0 amide bonds. The van der Waals surface area contributed by atoms with Gasteiger partial charge in [0.1, 0.15) is 0 Å². The molecule has 1 aromatic rings. The summed E-state index contributed by atoms with van der Waals surface area (Å²) in [6.07, 6.45) is 0. The monoisotopic (exact) mass is 298 g/mol. The van der Waals surface area contributed by atoms with Gasteiger partial charge in [0, 0.05) is 0 Å². The third kappa shape index (κ3) is 7.20. The number of carbonyl (C=O) groups excluding carboxylic acids is 2. The van der Waals surface area contributed by atoms with Crippen molar-refractivity contribution >= 4 is 11.9 Å². The minimum absolute atomic E-state index is 0.181. The zero-order chi connectivity index (χ0) is 16.3. The Hall–Kier alpha value is -2.24. The van der Waals surface area contributed by atoms with E-state index in [0.717, 1.165) is 0 Å². The van der Waals surface area contributed by atoms with E-state index in [1.54, 1.807) is 38.1 Å². The predicted octanol–water partition coefficient (Wildman–Crippen LogP) is 2.15. The first-order chi connectivity index (χ1) is 9.97. The van der Waals surface area contributed by atoms with Gasteiger partial charge in [-0.2, -0.15) is 0 Å². The van der Waals surface area contributed by atoms with Crippen LogP contribution >= 0.6 is 0 Å². The first kappa shape index (κ1) is 18.8. The van der Waals surface area contributed by atoms with Crippen molar-refractivity contribution < 1.29 is 28.9 Å². The number of carbonyl (C=O) groups is 2. The average Bonchev–Trinajstić information content (AvgIpc) is 2.48. The van der Waals surface area contributed by atoms with Gasteiger partial charge in [-0.25, -0.2) is 0 Å². The van der Waals surface area contributed by atoms with E-state index in [0.29, 0.717) is 5.75 Å². The highest BCUT2D eigenvalue weighted by Crippen LogP contribution is 2.22. The molecule has 118 valence electrons. The quantitative estimate of drug-likeness (QED) is 0.662. The fourth-order valence-electron chi connectivity index (χ4n) is 1.26. The summed E-state index contributed by atoms with van der Waals surface area (Å²) >= 11 is 0. The van der Waals surface area contributed by atoms with E-state index >= 15 is 0 Å². The van der Waals surface area contributed by atoms with E-state index in [4.69, 9.17) is 9.84 Å². The van der Waals surface area contributed by atoms with Gasteiger partial charge in [0.25, 0.3) is 0 Å². The number of hydrogen-bond donors (Lipinski definition) is 1. The zero-order valence-electron chi connectivity index (χ0n) is 12.8. The van der Waals surface area contributed by atoms with Gasteiger partial charge < -0.3 is 19.3 Å². The summed E-state index contributed by atoms with van der Waals surface area (Å²) in [5, 5.41) is 8.99. The number of hydrogen-bond acceptors (Lipinski definition) is 6. The molecule has 0 unspecified atom stereocenters. The largest absolute Gasteiger partial charge is 0.504 e. The smallest absolute Gasteiger partial charge is 0.320 e. The molecule has 0 aromatic heterocycles. The maximum absolute atomic E-state index is 10.9. The molecule has 21 heavy (non-hydrogen) atoms. The van der Waals surface area contributed by atoms with Crippen molar-refractivity contribution in [2.24, 2.45) is 5.92 Å². The van der Waals surface area contributed by atoms with Gasteiger partial charge in [-0.05, 0) is 32.9 Å². The van der Waals surface area contributed by atoms with Gasteiger partial charge >= 0.3 is 11.9 Å². The molecular weight excluding hydrogens is 276 g/mol. The Morgan fingerprint density at radius 1 is 1.10 bits per heavy atom. The number of methoxy groups -OCH3 is 1. The molecule has 0 radical (unpaired) electrons. The fourth-order valence-corrected chi connectivity index (χ4v) is 1.26. The number of aromatic hydroxyl groups is 1. The molecular formula is C15H22O6. The van der Waals surface area contributed by atoms with Gasteiger partial charge in [0.05, 0.1) is 20.3 Å². The van der Waals surface area contributed by atoms with E-state index in [9.17, 15) is 9.59 Å². The number of benzene rings is 1. The highest BCUT2D eigenvalue weighted by Gasteiger charge is 2.23. The summed E-state index contributed by atoms with van der Waals surface area (Å²) in [5.74, 6) is -1.19. The average molecular weight is 298 g/mol. The van der Waals surface area contributed by atoms with Crippen molar-refractivity contribution in [3.05, 3.63) is 24.3 Å². The molecule has 0 aliphatic heterocycles. The van der Waals surface area contributed by atoms with Crippen LogP contribution in [0.3, 0.4) is 0 Å². The molecule has 0 atom stereocenters. The molecule has 1 rings (SSSR count). The van der Waals surface area contributed by atoms with E-state index in [2.05, 4.69) is 9.47 Å². The summed E-state index contributed by atoms with van der Waals surface area (Å²) in [6.45, 7) is 5.41. The lowest BCUT2D eigenvalue weighted by Gasteiger charge is -2.08. The number of phenolic OH excluding ortho intramolecular Hbond substituents is 1. The normalized spacial score (nSPS) is 9.38. The standard InChI is InChI=1S/C8H14O4.C7H8O2/c1-4-11-7(9)6(3)8(10)12-5-2;1-9-7-5-3-2-4-6(7)8/h6H,4-5H2,1-3H3;2-5,8H,1H3. The molecule has 0 bridgehead atoms. The topological polar surface area (TPSA) is 82.1 Å². The van der Waals surface area contributed by atoms with Crippen LogP contribution in [-0.2, 0) is 19.1 Å². The molecule has 0 heterocycles. The minimum Gasteiger partial charge on any atom is -0.504 e. The molecule has 0 fully saturated rings. The van der Waals surface area contributed by atoms with Crippen LogP contribution in [0.4, 0.5) is 0 Å². The first-order valence-electron chi connectivity index (χ1n) is 6.63. The molecule has 0 aliphatic carbocycles. The molecule has 0 saturated heterocycles. The number of esters is 2. The summed E-state index contributed by atoms with van der Waals surface area (Å²) < 4.78 is 14.1. The lowest BCUT2D eigenvalue weighted by Crippen LogP contribution is -2.25. The highest BCUT2D eigenvalue weighted by molar-refractivity contribution is 5.94. The van der Waals surface area contributed by atoms with Gasteiger partial charge in [-0.1, -0.05) is 12.1 Å². The van der Waals surface area contributed by atoms with Gasteiger partial charge in [-0.15, -0.1) is 0 Å². The molecule has 1 aromatic carbocycles. The number of para-hydroxylation sites is 2. The first-order valence-corrected chi connectivity index (χ1v) is 6.63. The third-order valence-corrected chi connectivity index (χ3v) is 2.37. The van der Waals surface area contributed by atoms with Crippen molar-refractivity contribution in [1.82, 2.24) is 0 Å². The maximum Gasteiger partial charge on any atom is 0.320 e. The van der Waals surface area contributed by atoms with Gasteiger partial charge in [0.2, 0.25) is 0 Å². The van der Waals surface area contributed by atoms with Crippen LogP contribution < -0.4 is 4.74 Å². The van der Waals surface area contributed by atoms with Crippen LogP contribution in [0, 0.1) is 5.92 Å². The summed E-state index contributed by atoms with van der Waals surface area (Å²) in [7, 11) is 1.52. The van der Waals surface area contributed by atoms with E-state index in [-0.39, 0.29) is 19.0 Å². The summed E-state index contributed by atoms with van der Waals surface area (Å²) in [6, 6.07) is 6.84. The lowest BCUT2D eigenvalue weighted by molar-refractivity contribution is -0.160. The lowest BCUT2D eigenvalue weighted by atomic mass is 10.2. The fraction of sp³-hybridized carbons (Fsp3) is 0.467. The Bertz CT molecular complexity index is 426. The maximum atomic E-state index is 10.9. The van der Waals surface area contributed by atoms with Crippen LogP contribution in [-0.4, -0.2) is 37.4 Å².